The molecule has 0 fully saturated rings. The zero-order valence-corrected chi connectivity index (χ0v) is 12.1. The van der Waals surface area contributed by atoms with Gasteiger partial charge in [0.1, 0.15) is 12.3 Å². The Bertz CT molecular complexity index is 444. The molecule has 1 amide bonds. The molecule has 0 aliphatic rings. The van der Waals surface area contributed by atoms with Gasteiger partial charge in [0.05, 0.1) is 12.0 Å². The molecule has 20 heavy (non-hydrogen) atoms. The molecular formula is C15H21NO4. The van der Waals surface area contributed by atoms with E-state index in [9.17, 15) is 14.7 Å². The third-order valence-corrected chi connectivity index (χ3v) is 2.89. The van der Waals surface area contributed by atoms with Crippen molar-refractivity contribution in [2.75, 3.05) is 6.54 Å². The van der Waals surface area contributed by atoms with Gasteiger partial charge in [0.15, 0.2) is 0 Å². The topological polar surface area (TPSA) is 66.8 Å². The van der Waals surface area contributed by atoms with Gasteiger partial charge < -0.3 is 14.7 Å². The molecule has 5 heteroatoms. The van der Waals surface area contributed by atoms with Crippen molar-refractivity contribution in [2.24, 2.45) is 0 Å². The highest BCUT2D eigenvalue weighted by Gasteiger charge is 2.21. The van der Waals surface area contributed by atoms with Gasteiger partial charge in [-0.1, -0.05) is 18.2 Å². The molecule has 1 aromatic carbocycles. The van der Waals surface area contributed by atoms with E-state index >= 15 is 0 Å². The predicted molar refractivity (Wildman–Crippen MR) is 75.0 cm³/mol. The highest BCUT2D eigenvalue weighted by Crippen LogP contribution is 2.08. The number of amides is 1. The summed E-state index contributed by atoms with van der Waals surface area (Å²) in [7, 11) is 0. The minimum Gasteiger partial charge on any atom is -0.459 e. The minimum atomic E-state index is -0.843. The molecule has 1 N–H and O–H groups in total. The molecule has 0 aromatic heterocycles. The standard InChI is InChI=1S/C15H21NO4/c1-4-16(12(3)17)14(18)10-11(2)20-15(19)13-8-6-5-7-9-13/h5-9,11-12,17H,4,10H2,1-3H3. The summed E-state index contributed by atoms with van der Waals surface area (Å²) in [5, 5.41) is 9.45. The van der Waals surface area contributed by atoms with E-state index in [4.69, 9.17) is 4.74 Å². The maximum atomic E-state index is 11.9. The van der Waals surface area contributed by atoms with E-state index < -0.39 is 18.3 Å². The van der Waals surface area contributed by atoms with Crippen LogP contribution >= 0.6 is 0 Å². The average Bonchev–Trinajstić information content (AvgIpc) is 2.39. The predicted octanol–water partition coefficient (Wildman–Crippen LogP) is 1.81. The van der Waals surface area contributed by atoms with E-state index in [0.717, 1.165) is 0 Å². The molecule has 0 saturated heterocycles. The van der Waals surface area contributed by atoms with Crippen LogP contribution in [0.25, 0.3) is 0 Å². The lowest BCUT2D eigenvalue weighted by molar-refractivity contribution is -0.141. The molecule has 2 unspecified atom stereocenters. The van der Waals surface area contributed by atoms with Gasteiger partial charge in [0, 0.05) is 6.54 Å². The number of esters is 1. The Morgan fingerprint density at radius 3 is 2.35 bits per heavy atom. The lowest BCUT2D eigenvalue weighted by Crippen LogP contribution is -2.40. The number of hydrogen-bond donors (Lipinski definition) is 1. The summed E-state index contributed by atoms with van der Waals surface area (Å²) in [5.74, 6) is -0.693. The van der Waals surface area contributed by atoms with Crippen molar-refractivity contribution in [3.8, 4) is 0 Å². The number of ether oxygens (including phenoxy) is 1. The number of carbonyl (C=O) groups is 2. The molecule has 1 aromatic rings. The maximum absolute atomic E-state index is 11.9. The van der Waals surface area contributed by atoms with Crippen LogP contribution in [0.5, 0.6) is 0 Å². The Labute approximate surface area is 119 Å². The SMILES string of the molecule is CCN(C(=O)CC(C)OC(=O)c1ccccc1)C(C)O. The second-order valence-corrected chi connectivity index (χ2v) is 4.60. The monoisotopic (exact) mass is 279 g/mol. The second kappa shape index (κ2) is 7.65. The molecule has 0 radical (unpaired) electrons. The average molecular weight is 279 g/mol. The first-order valence-electron chi connectivity index (χ1n) is 6.69. The van der Waals surface area contributed by atoms with Gasteiger partial charge in [0.25, 0.3) is 0 Å². The van der Waals surface area contributed by atoms with Gasteiger partial charge in [-0.05, 0) is 32.9 Å². The van der Waals surface area contributed by atoms with E-state index in [1.165, 1.54) is 11.8 Å². The number of benzene rings is 1. The molecule has 0 aliphatic carbocycles. The third kappa shape index (κ3) is 4.66. The van der Waals surface area contributed by atoms with Crippen LogP contribution in [0.4, 0.5) is 0 Å². The van der Waals surface area contributed by atoms with Crippen LogP contribution in [0.1, 0.15) is 37.6 Å². The summed E-state index contributed by atoms with van der Waals surface area (Å²) >= 11 is 0. The fourth-order valence-electron chi connectivity index (χ4n) is 1.88. The molecule has 0 heterocycles. The number of aliphatic hydroxyl groups excluding tert-OH is 1. The van der Waals surface area contributed by atoms with Crippen LogP contribution in [0.15, 0.2) is 30.3 Å². The Kier molecular flexibility index (Phi) is 6.18. The summed E-state index contributed by atoms with van der Waals surface area (Å²) in [6.07, 6.45) is -1.33. The normalized spacial score (nSPS) is 13.4. The van der Waals surface area contributed by atoms with E-state index in [-0.39, 0.29) is 12.3 Å². The Hall–Kier alpha value is -1.88. The number of rotatable bonds is 6. The second-order valence-electron chi connectivity index (χ2n) is 4.60. The number of hydrogen-bond acceptors (Lipinski definition) is 4. The maximum Gasteiger partial charge on any atom is 0.338 e. The largest absolute Gasteiger partial charge is 0.459 e. The summed E-state index contributed by atoms with van der Waals surface area (Å²) < 4.78 is 5.21. The van der Waals surface area contributed by atoms with Crippen molar-refractivity contribution in [1.82, 2.24) is 4.90 Å². The van der Waals surface area contributed by atoms with Gasteiger partial charge in [0.2, 0.25) is 5.91 Å². The van der Waals surface area contributed by atoms with Gasteiger partial charge in [-0.15, -0.1) is 0 Å². The molecule has 1 rings (SSSR count). The number of aliphatic hydroxyl groups is 1. The van der Waals surface area contributed by atoms with Crippen LogP contribution in [0.3, 0.4) is 0 Å². The van der Waals surface area contributed by atoms with Gasteiger partial charge >= 0.3 is 5.97 Å². The lowest BCUT2D eigenvalue weighted by Gasteiger charge is -2.25. The smallest absolute Gasteiger partial charge is 0.338 e. The molecule has 0 saturated carbocycles. The first kappa shape index (κ1) is 16.2. The zero-order chi connectivity index (χ0) is 15.1. The fraction of sp³-hybridized carbons (Fsp3) is 0.467. The van der Waals surface area contributed by atoms with Crippen molar-refractivity contribution in [3.63, 3.8) is 0 Å². The summed E-state index contributed by atoms with van der Waals surface area (Å²) in [6, 6.07) is 8.62. The quantitative estimate of drug-likeness (QED) is 0.637. The molecular weight excluding hydrogens is 258 g/mol. The third-order valence-electron chi connectivity index (χ3n) is 2.89. The highest BCUT2D eigenvalue weighted by molar-refractivity contribution is 5.89. The van der Waals surface area contributed by atoms with Gasteiger partial charge in [-0.25, -0.2) is 4.79 Å². The van der Waals surface area contributed by atoms with Crippen LogP contribution in [0, 0.1) is 0 Å². The van der Waals surface area contributed by atoms with E-state index in [1.54, 1.807) is 38.1 Å². The Morgan fingerprint density at radius 1 is 1.25 bits per heavy atom. The zero-order valence-electron chi connectivity index (χ0n) is 12.1. The van der Waals surface area contributed by atoms with E-state index in [1.807, 2.05) is 6.07 Å². The van der Waals surface area contributed by atoms with Gasteiger partial charge in [-0.2, -0.15) is 0 Å². The van der Waals surface area contributed by atoms with Crippen molar-refractivity contribution < 1.29 is 19.4 Å². The number of nitrogens with zero attached hydrogens (tertiary/aromatic N) is 1. The Morgan fingerprint density at radius 2 is 1.85 bits per heavy atom. The van der Waals surface area contributed by atoms with Gasteiger partial charge in [-0.3, -0.25) is 4.79 Å². The molecule has 110 valence electrons. The number of carbonyl (C=O) groups excluding carboxylic acids is 2. The molecule has 5 nitrogen and oxygen atoms in total. The summed E-state index contributed by atoms with van der Waals surface area (Å²) in [4.78, 5) is 25.1. The molecule has 2 atom stereocenters. The van der Waals surface area contributed by atoms with Crippen LogP contribution in [0.2, 0.25) is 0 Å². The van der Waals surface area contributed by atoms with Crippen LogP contribution < -0.4 is 0 Å². The van der Waals surface area contributed by atoms with Crippen molar-refractivity contribution in [2.45, 2.75) is 39.5 Å². The van der Waals surface area contributed by atoms with E-state index in [2.05, 4.69) is 0 Å². The van der Waals surface area contributed by atoms with E-state index in [0.29, 0.717) is 12.1 Å². The van der Waals surface area contributed by atoms with Crippen LogP contribution in [-0.4, -0.2) is 40.8 Å². The summed E-state index contributed by atoms with van der Waals surface area (Å²) in [5.41, 5.74) is 0.453. The van der Waals surface area contributed by atoms with Crippen molar-refractivity contribution >= 4 is 11.9 Å². The molecule has 0 aliphatic heterocycles. The van der Waals surface area contributed by atoms with Crippen LogP contribution in [-0.2, 0) is 9.53 Å². The first-order valence-corrected chi connectivity index (χ1v) is 6.69. The highest BCUT2D eigenvalue weighted by atomic mass is 16.5. The molecule has 0 spiro atoms. The minimum absolute atomic E-state index is 0.0529. The van der Waals surface area contributed by atoms with Crippen molar-refractivity contribution in [1.29, 1.82) is 0 Å². The lowest BCUT2D eigenvalue weighted by atomic mass is 10.2. The summed E-state index contributed by atoms with van der Waals surface area (Å²) in [6.45, 7) is 5.39. The Balaban J connectivity index is 2.53. The molecule has 0 bridgehead atoms. The van der Waals surface area contributed by atoms with Crippen molar-refractivity contribution in [3.05, 3.63) is 35.9 Å². The fourth-order valence-corrected chi connectivity index (χ4v) is 1.88. The first-order chi connectivity index (χ1) is 9.45.